The molecule has 3 N–H and O–H groups in total. The van der Waals surface area contributed by atoms with Crippen molar-refractivity contribution in [1.82, 2.24) is 15.4 Å². The molecule has 0 aliphatic carbocycles. The molecule has 0 saturated carbocycles. The number of aliphatic imine (C=N–C) groups is 1. The summed E-state index contributed by atoms with van der Waals surface area (Å²) >= 11 is 1.71. The van der Waals surface area contributed by atoms with Crippen molar-refractivity contribution in [2.24, 2.45) is 4.99 Å². The van der Waals surface area contributed by atoms with Crippen LogP contribution in [0.1, 0.15) is 30.4 Å². The van der Waals surface area contributed by atoms with Crippen molar-refractivity contribution in [3.05, 3.63) is 29.3 Å². The second-order valence-electron chi connectivity index (χ2n) is 6.82. The highest BCUT2D eigenvalue weighted by Gasteiger charge is 2.17. The Balaban J connectivity index is 1.74. The van der Waals surface area contributed by atoms with E-state index < -0.39 is 10.0 Å². The first-order valence-corrected chi connectivity index (χ1v) is 12.5. The molecule has 158 valence electrons. The van der Waals surface area contributed by atoms with E-state index in [0.29, 0.717) is 19.0 Å². The first kappa shape index (κ1) is 23.0. The van der Waals surface area contributed by atoms with Gasteiger partial charge in [-0.15, -0.1) is 11.8 Å². The number of guanidine groups is 1. The zero-order valence-corrected chi connectivity index (χ0v) is 18.6. The lowest BCUT2D eigenvalue weighted by Gasteiger charge is -2.22. The van der Waals surface area contributed by atoms with E-state index in [1.165, 1.54) is 16.0 Å². The minimum absolute atomic E-state index is 0.00828. The van der Waals surface area contributed by atoms with Crippen LogP contribution in [0.4, 0.5) is 0 Å². The highest BCUT2D eigenvalue weighted by atomic mass is 32.2. The van der Waals surface area contributed by atoms with Crippen molar-refractivity contribution < 1.29 is 13.2 Å². The minimum atomic E-state index is -3.35. The molecule has 1 saturated heterocycles. The maximum absolute atomic E-state index is 12.2. The third-order valence-corrected chi connectivity index (χ3v) is 6.75. The Bertz CT molecular complexity index is 748. The molecular weight excluding hydrogens is 396 g/mol. The van der Waals surface area contributed by atoms with E-state index >= 15 is 0 Å². The van der Waals surface area contributed by atoms with E-state index in [1.807, 2.05) is 0 Å². The van der Waals surface area contributed by atoms with E-state index in [4.69, 9.17) is 4.74 Å². The fraction of sp³-hybridized carbons (Fsp3) is 0.632. The third kappa shape index (κ3) is 7.98. The maximum atomic E-state index is 12.2. The van der Waals surface area contributed by atoms with Gasteiger partial charge in [0.05, 0.1) is 11.9 Å². The van der Waals surface area contributed by atoms with Crippen molar-refractivity contribution in [2.75, 3.05) is 38.8 Å². The summed E-state index contributed by atoms with van der Waals surface area (Å²) in [6, 6.07) is 6.34. The van der Waals surface area contributed by atoms with E-state index in [1.54, 1.807) is 18.8 Å². The summed E-state index contributed by atoms with van der Waals surface area (Å²) in [7, 11) is -1.67. The van der Waals surface area contributed by atoms with Crippen molar-refractivity contribution >= 4 is 27.7 Å². The maximum Gasteiger partial charge on any atom is 0.213 e. The van der Waals surface area contributed by atoms with Crippen LogP contribution in [0.15, 0.2) is 28.1 Å². The summed E-state index contributed by atoms with van der Waals surface area (Å²) < 4.78 is 32.5. The Labute approximate surface area is 173 Å². The summed E-state index contributed by atoms with van der Waals surface area (Å²) in [6.07, 6.45) is 5.11. The Hall–Kier alpha value is -1.29. The van der Waals surface area contributed by atoms with Gasteiger partial charge in [0, 0.05) is 38.2 Å². The molecule has 0 spiro atoms. The fourth-order valence-corrected chi connectivity index (χ4v) is 4.62. The number of rotatable bonds is 9. The lowest BCUT2D eigenvalue weighted by Crippen LogP contribution is -2.42. The Morgan fingerprint density at radius 1 is 1.32 bits per heavy atom. The van der Waals surface area contributed by atoms with Crippen LogP contribution in [0.3, 0.4) is 0 Å². The van der Waals surface area contributed by atoms with Crippen LogP contribution in [0.5, 0.6) is 0 Å². The summed E-state index contributed by atoms with van der Waals surface area (Å²) in [5.41, 5.74) is 2.41. The largest absolute Gasteiger partial charge is 0.377 e. The Kier molecular flexibility index (Phi) is 9.57. The predicted octanol–water partition coefficient (Wildman–Crippen LogP) is 1.87. The lowest BCUT2D eigenvalue weighted by molar-refractivity contribution is 0.0200. The monoisotopic (exact) mass is 428 g/mol. The Morgan fingerprint density at radius 2 is 2.14 bits per heavy atom. The van der Waals surface area contributed by atoms with Crippen LogP contribution < -0.4 is 15.4 Å². The van der Waals surface area contributed by atoms with Gasteiger partial charge in [0.25, 0.3) is 0 Å². The number of ether oxygens (including phenoxy) is 1. The number of hydrogen-bond donors (Lipinski definition) is 3. The second-order valence-corrected chi connectivity index (χ2v) is 9.60. The third-order valence-electron chi connectivity index (χ3n) is 4.58. The van der Waals surface area contributed by atoms with Gasteiger partial charge in [-0.2, -0.15) is 0 Å². The molecule has 28 heavy (non-hydrogen) atoms. The van der Waals surface area contributed by atoms with Gasteiger partial charge in [0.1, 0.15) is 0 Å². The molecule has 1 aliphatic heterocycles. The smallest absolute Gasteiger partial charge is 0.213 e. The number of sulfonamides is 1. The van der Waals surface area contributed by atoms with Crippen LogP contribution >= 0.6 is 11.8 Å². The topological polar surface area (TPSA) is 91.8 Å². The highest BCUT2D eigenvalue weighted by molar-refractivity contribution is 7.98. The normalized spacial score (nSPS) is 18.1. The van der Waals surface area contributed by atoms with Crippen molar-refractivity contribution in [3.63, 3.8) is 0 Å². The van der Waals surface area contributed by atoms with Gasteiger partial charge in [-0.05, 0) is 49.6 Å². The summed E-state index contributed by atoms with van der Waals surface area (Å²) in [6.45, 7) is 4.05. The van der Waals surface area contributed by atoms with Gasteiger partial charge in [0.2, 0.25) is 10.0 Å². The zero-order valence-electron chi connectivity index (χ0n) is 17.0. The first-order chi connectivity index (χ1) is 13.4. The van der Waals surface area contributed by atoms with Crippen LogP contribution in [0, 0.1) is 6.92 Å². The van der Waals surface area contributed by atoms with Gasteiger partial charge in [-0.25, -0.2) is 13.1 Å². The van der Waals surface area contributed by atoms with Gasteiger partial charge >= 0.3 is 0 Å². The Morgan fingerprint density at radius 3 is 2.82 bits per heavy atom. The number of aryl methyl sites for hydroxylation is 1. The summed E-state index contributed by atoms with van der Waals surface area (Å²) in [5, 5.41) is 6.30. The zero-order chi connectivity index (χ0) is 20.4. The van der Waals surface area contributed by atoms with Gasteiger partial charge in [0.15, 0.2) is 5.96 Å². The molecular formula is C19H32N4O3S2. The van der Waals surface area contributed by atoms with Crippen molar-refractivity contribution in [1.29, 1.82) is 0 Å². The van der Waals surface area contributed by atoms with Gasteiger partial charge < -0.3 is 15.4 Å². The first-order valence-electron chi connectivity index (χ1n) is 9.60. The molecule has 1 heterocycles. The lowest BCUT2D eigenvalue weighted by atomic mass is 10.1. The summed E-state index contributed by atoms with van der Waals surface area (Å²) in [4.78, 5) is 5.39. The molecule has 9 heteroatoms. The standard InChI is InChI=1S/C19H32N4O3S2/c1-15-7-8-16(18(12-15)27-3)13-22-19(20-2)21-9-11-28(24,25)23-14-17-6-4-5-10-26-17/h7-8,12,17,23H,4-6,9-11,13-14H2,1-3H3,(H2,20,21,22). The van der Waals surface area contributed by atoms with Crippen molar-refractivity contribution in [2.45, 2.75) is 43.7 Å². The van der Waals surface area contributed by atoms with E-state index in [2.05, 4.69) is 51.7 Å². The van der Waals surface area contributed by atoms with Crippen LogP contribution in [0.25, 0.3) is 0 Å². The summed E-state index contributed by atoms with van der Waals surface area (Å²) in [5.74, 6) is 0.569. The molecule has 0 aromatic heterocycles. The highest BCUT2D eigenvalue weighted by Crippen LogP contribution is 2.21. The number of nitrogens with one attached hydrogen (secondary N) is 3. The molecule has 0 amide bonds. The fourth-order valence-electron chi connectivity index (χ4n) is 2.96. The van der Waals surface area contributed by atoms with Crippen molar-refractivity contribution in [3.8, 4) is 0 Å². The van der Waals surface area contributed by atoms with Gasteiger partial charge in [-0.3, -0.25) is 4.99 Å². The predicted molar refractivity (Wildman–Crippen MR) is 117 cm³/mol. The molecule has 1 aliphatic rings. The van der Waals surface area contributed by atoms with E-state index in [0.717, 1.165) is 25.9 Å². The minimum Gasteiger partial charge on any atom is -0.377 e. The number of nitrogens with zero attached hydrogens (tertiary/aromatic N) is 1. The van der Waals surface area contributed by atoms with E-state index in [-0.39, 0.29) is 18.4 Å². The van der Waals surface area contributed by atoms with Crippen LogP contribution in [-0.2, 0) is 21.3 Å². The molecule has 0 radical (unpaired) electrons. The van der Waals surface area contributed by atoms with Gasteiger partial charge in [-0.1, -0.05) is 12.1 Å². The molecule has 1 fully saturated rings. The number of thioether (sulfide) groups is 1. The molecule has 2 rings (SSSR count). The average molecular weight is 429 g/mol. The molecule has 1 atom stereocenters. The molecule has 1 unspecified atom stereocenters. The van der Waals surface area contributed by atoms with E-state index in [9.17, 15) is 8.42 Å². The quantitative estimate of drug-likeness (QED) is 0.316. The molecule has 0 bridgehead atoms. The SMILES string of the molecule is CN=C(NCCS(=O)(=O)NCC1CCCCO1)NCc1ccc(C)cc1SC. The average Bonchev–Trinajstić information content (AvgIpc) is 2.70. The molecule has 1 aromatic rings. The second kappa shape index (κ2) is 11.6. The number of hydrogen-bond acceptors (Lipinski definition) is 5. The van der Waals surface area contributed by atoms with Crippen LogP contribution in [-0.4, -0.2) is 59.2 Å². The van der Waals surface area contributed by atoms with Crippen LogP contribution in [0.2, 0.25) is 0 Å². The molecule has 1 aromatic carbocycles. The molecule has 7 nitrogen and oxygen atoms in total. The number of benzene rings is 1.